The molecule has 2 saturated heterocycles. The second-order valence-corrected chi connectivity index (χ2v) is 8.58. The minimum absolute atomic E-state index is 0.00871. The summed E-state index contributed by atoms with van der Waals surface area (Å²) >= 11 is 1.69. The molecule has 2 aliphatic heterocycles. The number of nitrogens with one attached hydrogen (secondary N) is 1. The Morgan fingerprint density at radius 2 is 2.28 bits per heavy atom. The first-order chi connectivity index (χ1) is 11.9. The van der Waals surface area contributed by atoms with E-state index in [0.717, 1.165) is 43.9 Å². The van der Waals surface area contributed by atoms with Crippen molar-refractivity contribution < 1.29 is 14.6 Å². The maximum absolute atomic E-state index is 11.9. The molecule has 2 N–H and O–H groups in total. The van der Waals surface area contributed by atoms with E-state index in [9.17, 15) is 9.90 Å². The summed E-state index contributed by atoms with van der Waals surface area (Å²) in [6.45, 7) is 6.97. The highest BCUT2D eigenvalue weighted by Gasteiger charge is 2.49. The van der Waals surface area contributed by atoms with Crippen LogP contribution in [0.1, 0.15) is 51.0 Å². The highest BCUT2D eigenvalue weighted by molar-refractivity contribution is 7.09. The maximum Gasteiger partial charge on any atom is 0.220 e. The molecule has 1 spiro atoms. The number of carbonyl (C=O) groups is 1. The first-order valence-corrected chi connectivity index (χ1v) is 10.1. The minimum atomic E-state index is -0.931. The van der Waals surface area contributed by atoms with Crippen molar-refractivity contribution in [3.63, 3.8) is 0 Å². The summed E-state index contributed by atoms with van der Waals surface area (Å²) < 4.78 is 6.20. The fourth-order valence-electron chi connectivity index (χ4n) is 3.92. The Bertz CT molecular complexity index is 568. The van der Waals surface area contributed by atoms with Crippen LogP contribution in [0.4, 0.5) is 0 Å². The molecule has 7 heteroatoms. The van der Waals surface area contributed by atoms with Crippen LogP contribution in [0.3, 0.4) is 0 Å². The summed E-state index contributed by atoms with van der Waals surface area (Å²) in [5.41, 5.74) is -1.20. The number of rotatable bonds is 5. The molecule has 2 aliphatic rings. The lowest BCUT2D eigenvalue weighted by molar-refractivity contribution is -0.189. The second kappa shape index (κ2) is 7.70. The largest absolute Gasteiger partial charge is 0.388 e. The van der Waals surface area contributed by atoms with Crippen molar-refractivity contribution in [2.24, 2.45) is 0 Å². The van der Waals surface area contributed by atoms with Gasteiger partial charge < -0.3 is 15.2 Å². The minimum Gasteiger partial charge on any atom is -0.388 e. The number of carbonyl (C=O) groups excluding carboxylic acids is 1. The first-order valence-electron chi connectivity index (χ1n) is 9.19. The third kappa shape index (κ3) is 4.58. The molecule has 3 heterocycles. The molecule has 1 aromatic rings. The van der Waals surface area contributed by atoms with Crippen LogP contribution in [-0.4, -0.2) is 57.8 Å². The van der Waals surface area contributed by atoms with Crippen LogP contribution in [0, 0.1) is 0 Å². The lowest BCUT2D eigenvalue weighted by atomic mass is 9.75. The van der Waals surface area contributed by atoms with Crippen molar-refractivity contribution >= 4 is 17.2 Å². The number of hydrogen-bond donors (Lipinski definition) is 2. The molecular formula is C18H29N3O3S. The van der Waals surface area contributed by atoms with Gasteiger partial charge in [-0.25, -0.2) is 4.98 Å². The number of hydrogen-bond acceptors (Lipinski definition) is 6. The van der Waals surface area contributed by atoms with Crippen LogP contribution in [0.2, 0.25) is 0 Å². The number of aromatic nitrogens is 1. The molecule has 1 aromatic heterocycles. The van der Waals surface area contributed by atoms with Gasteiger partial charge in [0, 0.05) is 37.5 Å². The van der Waals surface area contributed by atoms with Crippen LogP contribution in [0.5, 0.6) is 0 Å². The molecule has 140 valence electrons. The number of nitrogens with zero attached hydrogens (tertiary/aromatic N) is 2. The van der Waals surface area contributed by atoms with E-state index in [-0.39, 0.29) is 17.6 Å². The van der Waals surface area contributed by atoms with E-state index in [4.69, 9.17) is 4.74 Å². The summed E-state index contributed by atoms with van der Waals surface area (Å²) in [5.74, 6) is -0.00871. The third-order valence-electron chi connectivity index (χ3n) is 5.41. The van der Waals surface area contributed by atoms with Crippen molar-refractivity contribution in [2.45, 2.75) is 69.7 Å². The van der Waals surface area contributed by atoms with Crippen LogP contribution < -0.4 is 5.32 Å². The van der Waals surface area contributed by atoms with Crippen molar-refractivity contribution in [1.82, 2.24) is 15.2 Å². The molecule has 0 radical (unpaired) electrons. The maximum atomic E-state index is 11.9. The summed E-state index contributed by atoms with van der Waals surface area (Å²) in [6.07, 6.45) is 5.53. The summed E-state index contributed by atoms with van der Waals surface area (Å²) in [4.78, 5) is 18.6. The van der Waals surface area contributed by atoms with Crippen LogP contribution in [0.25, 0.3) is 0 Å². The molecule has 0 aromatic carbocycles. The van der Waals surface area contributed by atoms with Gasteiger partial charge in [0.05, 0.1) is 30.4 Å². The zero-order valence-corrected chi connectivity index (χ0v) is 16.0. The summed E-state index contributed by atoms with van der Waals surface area (Å²) in [6, 6.07) is -0.328. The zero-order valence-electron chi connectivity index (χ0n) is 15.2. The van der Waals surface area contributed by atoms with Gasteiger partial charge in [0.15, 0.2) is 0 Å². The predicted octanol–water partition coefficient (Wildman–Crippen LogP) is 1.93. The Hall–Kier alpha value is -1.02. The van der Waals surface area contributed by atoms with Crippen molar-refractivity contribution in [3.8, 4) is 0 Å². The van der Waals surface area contributed by atoms with Crippen molar-refractivity contribution in [2.75, 3.05) is 19.7 Å². The molecular weight excluding hydrogens is 338 g/mol. The zero-order chi connectivity index (χ0) is 17.9. The van der Waals surface area contributed by atoms with Crippen molar-refractivity contribution in [1.29, 1.82) is 0 Å². The number of piperidine rings is 1. The Kier molecular flexibility index (Phi) is 5.78. The van der Waals surface area contributed by atoms with Gasteiger partial charge in [0.1, 0.15) is 5.01 Å². The molecule has 2 atom stereocenters. The number of amides is 1. The monoisotopic (exact) mass is 367 g/mol. The van der Waals surface area contributed by atoms with E-state index in [2.05, 4.69) is 15.2 Å². The third-order valence-corrected chi connectivity index (χ3v) is 6.17. The summed E-state index contributed by atoms with van der Waals surface area (Å²) in [7, 11) is 0. The number of likely N-dealkylation sites (tertiary alicyclic amines) is 1. The molecule has 25 heavy (non-hydrogen) atoms. The molecule has 0 aliphatic carbocycles. The quantitative estimate of drug-likeness (QED) is 0.832. The van der Waals surface area contributed by atoms with Gasteiger partial charge in [-0.3, -0.25) is 9.69 Å². The fraction of sp³-hybridized carbons (Fsp3) is 0.778. The average molecular weight is 368 g/mol. The molecule has 2 fully saturated rings. The molecule has 1 amide bonds. The summed E-state index contributed by atoms with van der Waals surface area (Å²) in [5, 5.41) is 17.0. The van der Waals surface area contributed by atoms with Crippen LogP contribution in [-0.2, 0) is 16.1 Å². The van der Waals surface area contributed by atoms with Crippen LogP contribution in [0.15, 0.2) is 11.6 Å². The van der Waals surface area contributed by atoms with Crippen LogP contribution >= 0.6 is 11.3 Å². The van der Waals surface area contributed by atoms with E-state index >= 15 is 0 Å². The Labute approximate surface area is 153 Å². The molecule has 0 bridgehead atoms. The predicted molar refractivity (Wildman–Crippen MR) is 97.4 cm³/mol. The lowest BCUT2D eigenvalue weighted by Crippen LogP contribution is -2.63. The second-order valence-electron chi connectivity index (χ2n) is 7.60. The van der Waals surface area contributed by atoms with E-state index in [1.165, 1.54) is 0 Å². The normalized spacial score (nSPS) is 29.6. The van der Waals surface area contributed by atoms with Gasteiger partial charge in [-0.05, 0) is 26.2 Å². The average Bonchev–Trinajstić information content (AvgIpc) is 3.06. The molecule has 3 rings (SSSR count). The fourth-order valence-corrected chi connectivity index (χ4v) is 4.58. The van der Waals surface area contributed by atoms with Gasteiger partial charge in [-0.15, -0.1) is 11.3 Å². The van der Waals surface area contributed by atoms with E-state index in [1.54, 1.807) is 11.3 Å². The number of ether oxygens (including phenoxy) is 1. The molecule has 0 saturated carbocycles. The van der Waals surface area contributed by atoms with E-state index in [1.807, 2.05) is 25.4 Å². The Morgan fingerprint density at radius 3 is 2.88 bits per heavy atom. The van der Waals surface area contributed by atoms with Gasteiger partial charge in [-0.2, -0.15) is 0 Å². The Balaban J connectivity index is 1.54. The Morgan fingerprint density at radius 1 is 1.52 bits per heavy atom. The SMILES string of the molecule is CCCC(=O)N[C@H]1COC2(CCN(Cc3nccs3)CC2)C[C@]1(C)O. The van der Waals surface area contributed by atoms with Gasteiger partial charge in [0.25, 0.3) is 0 Å². The smallest absolute Gasteiger partial charge is 0.220 e. The number of thiazole rings is 1. The number of aliphatic hydroxyl groups is 1. The highest BCUT2D eigenvalue weighted by atomic mass is 32.1. The van der Waals surface area contributed by atoms with Gasteiger partial charge in [-0.1, -0.05) is 6.92 Å². The first kappa shape index (κ1) is 18.8. The molecule has 0 unspecified atom stereocenters. The molecule has 6 nitrogen and oxygen atoms in total. The topological polar surface area (TPSA) is 74.7 Å². The van der Waals surface area contributed by atoms with Gasteiger partial charge >= 0.3 is 0 Å². The lowest BCUT2D eigenvalue weighted by Gasteiger charge is -2.51. The highest BCUT2D eigenvalue weighted by Crippen LogP contribution is 2.39. The van der Waals surface area contributed by atoms with Crippen molar-refractivity contribution in [3.05, 3.63) is 16.6 Å². The standard InChI is InChI=1S/C18H29N3O3S/c1-3-4-15(22)20-14-12-24-18(13-17(14,2)23)5-8-21(9-6-18)11-16-19-7-10-25-16/h7,10,14,23H,3-6,8-9,11-13H2,1-2H3,(H,20,22)/t14-,17-/m0/s1. The van der Waals surface area contributed by atoms with E-state index in [0.29, 0.717) is 19.4 Å². The van der Waals surface area contributed by atoms with Gasteiger partial charge in [0.2, 0.25) is 5.91 Å². The van der Waals surface area contributed by atoms with E-state index < -0.39 is 5.60 Å².